The Bertz CT molecular complexity index is 984. The quantitative estimate of drug-likeness (QED) is 0.426. The van der Waals surface area contributed by atoms with Crippen molar-refractivity contribution in [3.63, 3.8) is 0 Å². The molecule has 2 atom stereocenters. The molecule has 2 aliphatic heterocycles. The van der Waals surface area contributed by atoms with Crippen molar-refractivity contribution in [3.05, 3.63) is 39.6 Å². The lowest BCUT2D eigenvalue weighted by Gasteiger charge is -2.35. The number of rotatable bonds is 5. The first-order valence-electron chi connectivity index (χ1n) is 9.89. The molecule has 3 N–H and O–H groups in total. The maximum Gasteiger partial charge on any atom is 0.292 e. The van der Waals surface area contributed by atoms with Gasteiger partial charge in [0.1, 0.15) is 17.1 Å². The van der Waals surface area contributed by atoms with Crippen LogP contribution in [-0.4, -0.2) is 52.4 Å². The molecule has 4 rings (SSSR count). The number of aliphatic hydroxyl groups is 1. The van der Waals surface area contributed by atoms with E-state index in [2.05, 4.69) is 11.8 Å². The largest absolute Gasteiger partial charge is 0.396 e. The Kier molecular flexibility index (Phi) is 5.31. The summed E-state index contributed by atoms with van der Waals surface area (Å²) in [6.45, 7) is 6.08. The minimum atomic E-state index is -0.758. The SMILES string of the molecule is CC1COCCN1c1nc(-c2ccc(N)c([N+](=O)[O-])c2)nc2c1COC2(C)CCO. The summed E-state index contributed by atoms with van der Waals surface area (Å²) in [5.41, 5.74) is 6.98. The lowest BCUT2D eigenvalue weighted by molar-refractivity contribution is -0.383. The van der Waals surface area contributed by atoms with Crippen LogP contribution in [0.1, 0.15) is 31.5 Å². The Morgan fingerprint density at radius 3 is 2.93 bits per heavy atom. The molecule has 0 aliphatic carbocycles. The maximum atomic E-state index is 11.4. The number of aliphatic hydroxyl groups excluding tert-OH is 1. The van der Waals surface area contributed by atoms with E-state index >= 15 is 0 Å². The van der Waals surface area contributed by atoms with Crippen molar-refractivity contribution >= 4 is 17.2 Å². The number of ether oxygens (including phenoxy) is 2. The summed E-state index contributed by atoms with van der Waals surface area (Å²) in [6, 6.07) is 4.67. The van der Waals surface area contributed by atoms with E-state index in [0.717, 1.165) is 11.4 Å². The zero-order valence-electron chi connectivity index (χ0n) is 17.0. The van der Waals surface area contributed by atoms with Crippen molar-refractivity contribution in [2.45, 2.75) is 38.5 Å². The van der Waals surface area contributed by atoms with Crippen LogP contribution in [0.2, 0.25) is 0 Å². The van der Waals surface area contributed by atoms with E-state index in [0.29, 0.717) is 49.9 Å². The summed E-state index contributed by atoms with van der Waals surface area (Å²) in [6.07, 6.45) is 0.385. The molecule has 0 saturated carbocycles. The van der Waals surface area contributed by atoms with Crippen LogP contribution in [0.25, 0.3) is 11.4 Å². The third kappa shape index (κ3) is 3.47. The summed E-state index contributed by atoms with van der Waals surface area (Å²) in [5, 5.41) is 20.9. The summed E-state index contributed by atoms with van der Waals surface area (Å²) in [7, 11) is 0. The highest BCUT2D eigenvalue weighted by atomic mass is 16.6. The molecule has 2 aromatic rings. The highest BCUT2D eigenvalue weighted by molar-refractivity contribution is 5.70. The van der Waals surface area contributed by atoms with Crippen molar-refractivity contribution in [3.8, 4) is 11.4 Å². The van der Waals surface area contributed by atoms with Crippen molar-refractivity contribution in [2.24, 2.45) is 0 Å². The maximum absolute atomic E-state index is 11.4. The molecule has 10 nitrogen and oxygen atoms in total. The number of hydrogen-bond acceptors (Lipinski definition) is 9. The number of morpholine rings is 1. The van der Waals surface area contributed by atoms with E-state index in [9.17, 15) is 15.2 Å². The molecule has 1 fully saturated rings. The first-order chi connectivity index (χ1) is 14.3. The molecule has 0 bridgehead atoms. The Labute approximate surface area is 173 Å². The van der Waals surface area contributed by atoms with Crippen LogP contribution in [-0.2, 0) is 21.7 Å². The van der Waals surface area contributed by atoms with Crippen LogP contribution < -0.4 is 10.6 Å². The number of hydrogen-bond donors (Lipinski definition) is 2. The second-order valence-corrected chi connectivity index (χ2v) is 7.84. The average Bonchev–Trinajstić information content (AvgIpc) is 3.05. The molecule has 0 radical (unpaired) electrons. The van der Waals surface area contributed by atoms with Gasteiger partial charge in [0, 0.05) is 36.8 Å². The van der Waals surface area contributed by atoms with Gasteiger partial charge >= 0.3 is 0 Å². The lowest BCUT2D eigenvalue weighted by Crippen LogP contribution is -2.44. The molecule has 10 heteroatoms. The number of nitro groups is 1. The number of nitrogens with zero attached hydrogens (tertiary/aromatic N) is 4. The number of nitrogen functional groups attached to an aromatic ring is 1. The van der Waals surface area contributed by atoms with Crippen molar-refractivity contribution in [1.29, 1.82) is 0 Å². The molecule has 1 saturated heterocycles. The number of fused-ring (bicyclic) bond motifs is 1. The fraction of sp³-hybridized carbons (Fsp3) is 0.500. The van der Waals surface area contributed by atoms with Crippen LogP contribution in [0.4, 0.5) is 17.2 Å². The molecular weight excluding hydrogens is 390 g/mol. The zero-order chi connectivity index (χ0) is 21.5. The van der Waals surface area contributed by atoms with Crippen molar-refractivity contribution in [2.75, 3.05) is 37.0 Å². The smallest absolute Gasteiger partial charge is 0.292 e. The van der Waals surface area contributed by atoms with E-state index in [1.54, 1.807) is 6.07 Å². The normalized spacial score (nSPS) is 23.4. The summed E-state index contributed by atoms with van der Waals surface area (Å²) in [4.78, 5) is 22.5. The number of nitrogens with two attached hydrogens (primary N) is 1. The number of nitro benzene ring substituents is 1. The van der Waals surface area contributed by atoms with Gasteiger partial charge in [-0.1, -0.05) is 0 Å². The highest BCUT2D eigenvalue weighted by Gasteiger charge is 2.41. The molecule has 1 aromatic carbocycles. The molecule has 0 spiro atoms. The van der Waals surface area contributed by atoms with Crippen LogP contribution in [0.5, 0.6) is 0 Å². The predicted octanol–water partition coefficient (Wildman–Crippen LogP) is 1.99. The van der Waals surface area contributed by atoms with E-state index < -0.39 is 10.5 Å². The van der Waals surface area contributed by atoms with Crippen LogP contribution >= 0.6 is 0 Å². The van der Waals surface area contributed by atoms with Gasteiger partial charge in [-0.05, 0) is 26.0 Å². The number of benzene rings is 1. The molecule has 1 aromatic heterocycles. The summed E-state index contributed by atoms with van der Waals surface area (Å²) >= 11 is 0. The monoisotopic (exact) mass is 415 g/mol. The number of anilines is 2. The van der Waals surface area contributed by atoms with Crippen LogP contribution in [0.3, 0.4) is 0 Å². The molecule has 2 aliphatic rings. The molecule has 30 heavy (non-hydrogen) atoms. The standard InChI is InChI=1S/C20H25N5O5/c1-12-10-29-8-6-24(12)19-14-11-30-20(2,5-7-26)17(14)22-18(23-19)13-3-4-15(21)16(9-13)25(27)28/h3-4,9,12,26H,5-8,10-11,21H2,1-2H3. The third-order valence-electron chi connectivity index (χ3n) is 5.74. The van der Waals surface area contributed by atoms with Gasteiger partial charge in [0.05, 0.1) is 36.5 Å². The van der Waals surface area contributed by atoms with Gasteiger partial charge in [-0.25, -0.2) is 9.97 Å². The lowest BCUT2D eigenvalue weighted by atomic mass is 9.96. The second kappa shape index (κ2) is 7.78. The Morgan fingerprint density at radius 1 is 1.43 bits per heavy atom. The molecular formula is C20H25N5O5. The zero-order valence-corrected chi connectivity index (χ0v) is 17.0. The molecule has 2 unspecified atom stereocenters. The third-order valence-corrected chi connectivity index (χ3v) is 5.74. The summed E-state index contributed by atoms with van der Waals surface area (Å²) < 4.78 is 11.6. The molecule has 3 heterocycles. The molecule has 160 valence electrons. The van der Waals surface area contributed by atoms with Crippen molar-refractivity contribution in [1.82, 2.24) is 9.97 Å². The van der Waals surface area contributed by atoms with Crippen LogP contribution in [0.15, 0.2) is 18.2 Å². The first-order valence-corrected chi connectivity index (χ1v) is 9.89. The first kappa shape index (κ1) is 20.5. The Balaban J connectivity index is 1.89. The number of aromatic nitrogens is 2. The van der Waals surface area contributed by atoms with Gasteiger partial charge in [-0.3, -0.25) is 10.1 Å². The van der Waals surface area contributed by atoms with Crippen molar-refractivity contribution < 1.29 is 19.5 Å². The Hall–Kier alpha value is -2.82. The minimum Gasteiger partial charge on any atom is -0.396 e. The fourth-order valence-corrected chi connectivity index (χ4v) is 4.00. The van der Waals surface area contributed by atoms with Gasteiger partial charge in [-0.2, -0.15) is 0 Å². The summed E-state index contributed by atoms with van der Waals surface area (Å²) in [5.74, 6) is 1.10. The topological polar surface area (TPSA) is 137 Å². The van der Waals surface area contributed by atoms with Gasteiger partial charge in [0.15, 0.2) is 5.82 Å². The van der Waals surface area contributed by atoms with E-state index in [1.807, 2.05) is 6.92 Å². The fourth-order valence-electron chi connectivity index (χ4n) is 4.00. The molecule has 0 amide bonds. The van der Waals surface area contributed by atoms with E-state index in [4.69, 9.17) is 25.2 Å². The Morgan fingerprint density at radius 2 is 2.23 bits per heavy atom. The van der Waals surface area contributed by atoms with Gasteiger partial charge in [0.25, 0.3) is 5.69 Å². The second-order valence-electron chi connectivity index (χ2n) is 7.84. The van der Waals surface area contributed by atoms with E-state index in [-0.39, 0.29) is 24.0 Å². The highest BCUT2D eigenvalue weighted by Crippen LogP contribution is 2.43. The van der Waals surface area contributed by atoms with E-state index in [1.165, 1.54) is 12.1 Å². The van der Waals surface area contributed by atoms with Gasteiger partial charge in [0.2, 0.25) is 0 Å². The minimum absolute atomic E-state index is 0.0497. The van der Waals surface area contributed by atoms with Gasteiger partial charge in [-0.15, -0.1) is 0 Å². The van der Waals surface area contributed by atoms with Crippen LogP contribution in [0, 0.1) is 10.1 Å². The average molecular weight is 415 g/mol. The van der Waals surface area contributed by atoms with Gasteiger partial charge < -0.3 is 25.2 Å². The predicted molar refractivity (Wildman–Crippen MR) is 110 cm³/mol.